The van der Waals surface area contributed by atoms with Gasteiger partial charge in [0.2, 0.25) is 11.8 Å². The van der Waals surface area contributed by atoms with Crippen LogP contribution < -0.4 is 16.0 Å². The Morgan fingerprint density at radius 1 is 0.885 bits per heavy atom. The summed E-state index contributed by atoms with van der Waals surface area (Å²) in [5.41, 5.74) is 3.28. The van der Waals surface area contributed by atoms with E-state index in [4.69, 9.17) is 4.74 Å². The zero-order valence-electron chi connectivity index (χ0n) is 14.7. The molecule has 0 bridgehead atoms. The summed E-state index contributed by atoms with van der Waals surface area (Å²) in [7, 11) is 0. The summed E-state index contributed by atoms with van der Waals surface area (Å²) in [6, 6.07) is 15.1. The van der Waals surface area contributed by atoms with E-state index in [-0.39, 0.29) is 17.7 Å². The first-order valence-electron chi connectivity index (χ1n) is 8.73. The first kappa shape index (κ1) is 17.9. The molecule has 2 amide bonds. The van der Waals surface area contributed by atoms with Crippen molar-refractivity contribution >= 4 is 34.6 Å². The number of amides is 2. The van der Waals surface area contributed by atoms with Crippen molar-refractivity contribution in [3.63, 3.8) is 0 Å². The van der Waals surface area contributed by atoms with Crippen LogP contribution in [-0.4, -0.2) is 25.0 Å². The number of carbonyl (C=O) groups excluding carboxylic acids is 2. The molecule has 2 aromatic rings. The number of rotatable bonds is 5. The molecule has 1 aliphatic heterocycles. The number of nitrogens with one attached hydrogen (secondary N) is 3. The molecule has 0 saturated carbocycles. The van der Waals surface area contributed by atoms with Gasteiger partial charge in [-0.1, -0.05) is 6.07 Å². The van der Waals surface area contributed by atoms with E-state index in [1.807, 2.05) is 48.5 Å². The first-order valence-corrected chi connectivity index (χ1v) is 8.73. The Balaban J connectivity index is 1.59. The van der Waals surface area contributed by atoms with Crippen LogP contribution in [0.4, 0.5) is 22.7 Å². The highest BCUT2D eigenvalue weighted by Crippen LogP contribution is 2.23. The third kappa shape index (κ3) is 5.07. The molecule has 3 rings (SSSR count). The van der Waals surface area contributed by atoms with E-state index in [1.165, 1.54) is 6.92 Å². The van der Waals surface area contributed by atoms with Gasteiger partial charge in [-0.25, -0.2) is 0 Å². The second-order valence-electron chi connectivity index (χ2n) is 6.34. The number of benzene rings is 2. The lowest BCUT2D eigenvalue weighted by molar-refractivity contribution is -0.122. The monoisotopic (exact) mass is 353 g/mol. The van der Waals surface area contributed by atoms with Crippen molar-refractivity contribution in [1.29, 1.82) is 0 Å². The summed E-state index contributed by atoms with van der Waals surface area (Å²) in [5.74, 6) is -0.0261. The molecule has 0 aromatic heterocycles. The topological polar surface area (TPSA) is 79.5 Å². The fourth-order valence-electron chi connectivity index (χ4n) is 2.89. The third-order valence-electron chi connectivity index (χ3n) is 4.22. The smallest absolute Gasteiger partial charge is 0.227 e. The zero-order chi connectivity index (χ0) is 18.4. The minimum atomic E-state index is -0.105. The van der Waals surface area contributed by atoms with Crippen LogP contribution in [0.3, 0.4) is 0 Å². The fraction of sp³-hybridized carbons (Fsp3) is 0.300. The molecule has 26 heavy (non-hydrogen) atoms. The first-order chi connectivity index (χ1) is 12.6. The van der Waals surface area contributed by atoms with Crippen molar-refractivity contribution in [2.24, 2.45) is 5.92 Å². The van der Waals surface area contributed by atoms with Gasteiger partial charge in [0, 0.05) is 48.8 Å². The molecule has 136 valence electrons. The van der Waals surface area contributed by atoms with Crippen molar-refractivity contribution < 1.29 is 14.3 Å². The third-order valence-corrected chi connectivity index (χ3v) is 4.22. The summed E-state index contributed by atoms with van der Waals surface area (Å²) in [6.07, 6.45) is 1.55. The van der Waals surface area contributed by atoms with Crippen molar-refractivity contribution in [1.82, 2.24) is 0 Å². The van der Waals surface area contributed by atoms with E-state index in [9.17, 15) is 9.59 Å². The number of ether oxygens (including phenoxy) is 1. The van der Waals surface area contributed by atoms with Crippen molar-refractivity contribution in [3.8, 4) is 0 Å². The molecule has 0 unspecified atom stereocenters. The number of hydrogen-bond acceptors (Lipinski definition) is 4. The predicted molar refractivity (Wildman–Crippen MR) is 103 cm³/mol. The largest absolute Gasteiger partial charge is 0.381 e. The van der Waals surface area contributed by atoms with Crippen LogP contribution in [0, 0.1) is 5.92 Å². The molecule has 1 fully saturated rings. The van der Waals surface area contributed by atoms with Crippen LogP contribution in [0.1, 0.15) is 19.8 Å². The van der Waals surface area contributed by atoms with Gasteiger partial charge < -0.3 is 20.7 Å². The predicted octanol–water partition coefficient (Wildman–Crippen LogP) is 3.75. The minimum absolute atomic E-state index is 0.0260. The average molecular weight is 353 g/mol. The Hall–Kier alpha value is -2.86. The van der Waals surface area contributed by atoms with Gasteiger partial charge in [-0.2, -0.15) is 0 Å². The molecule has 1 aliphatic rings. The van der Waals surface area contributed by atoms with E-state index < -0.39 is 0 Å². The average Bonchev–Trinajstić information content (AvgIpc) is 2.64. The standard InChI is InChI=1S/C20H23N3O3/c1-14(24)21-18-3-2-4-19(13-18)22-16-5-7-17(8-6-16)23-20(25)15-9-11-26-12-10-15/h2-8,13,15,22H,9-12H2,1H3,(H,21,24)(H,23,25). The molecular formula is C20H23N3O3. The highest BCUT2D eigenvalue weighted by molar-refractivity contribution is 5.93. The fourth-order valence-corrected chi connectivity index (χ4v) is 2.89. The summed E-state index contributed by atoms with van der Waals surface area (Å²) in [4.78, 5) is 23.4. The number of hydrogen-bond donors (Lipinski definition) is 3. The maximum absolute atomic E-state index is 12.3. The molecule has 0 spiro atoms. The van der Waals surface area contributed by atoms with E-state index in [0.29, 0.717) is 13.2 Å². The highest BCUT2D eigenvalue weighted by Gasteiger charge is 2.21. The lowest BCUT2D eigenvalue weighted by Crippen LogP contribution is -2.28. The minimum Gasteiger partial charge on any atom is -0.381 e. The summed E-state index contributed by atoms with van der Waals surface area (Å²) in [5, 5.41) is 9.00. The van der Waals surface area contributed by atoms with Crippen molar-refractivity contribution in [3.05, 3.63) is 48.5 Å². The lowest BCUT2D eigenvalue weighted by Gasteiger charge is -2.21. The van der Waals surface area contributed by atoms with E-state index in [0.717, 1.165) is 35.6 Å². The van der Waals surface area contributed by atoms with Crippen molar-refractivity contribution in [2.45, 2.75) is 19.8 Å². The normalized spacial score (nSPS) is 14.5. The van der Waals surface area contributed by atoms with Crippen LogP contribution in [0.25, 0.3) is 0 Å². The van der Waals surface area contributed by atoms with Crippen LogP contribution >= 0.6 is 0 Å². The number of anilines is 4. The Kier molecular flexibility index (Phi) is 5.86. The SMILES string of the molecule is CC(=O)Nc1cccc(Nc2ccc(NC(=O)C3CCOCC3)cc2)c1. The maximum atomic E-state index is 12.3. The molecule has 2 aromatic carbocycles. The van der Waals surface area contributed by atoms with Crippen LogP contribution in [0.2, 0.25) is 0 Å². The molecule has 1 heterocycles. The van der Waals surface area contributed by atoms with Gasteiger partial charge in [-0.05, 0) is 55.3 Å². The number of carbonyl (C=O) groups is 2. The van der Waals surface area contributed by atoms with Gasteiger partial charge in [-0.3, -0.25) is 9.59 Å². The lowest BCUT2D eigenvalue weighted by atomic mass is 9.99. The van der Waals surface area contributed by atoms with Gasteiger partial charge >= 0.3 is 0 Å². The van der Waals surface area contributed by atoms with E-state index in [1.54, 1.807) is 0 Å². The van der Waals surface area contributed by atoms with Gasteiger partial charge in [0.15, 0.2) is 0 Å². The quantitative estimate of drug-likeness (QED) is 0.765. The van der Waals surface area contributed by atoms with Crippen molar-refractivity contribution in [2.75, 3.05) is 29.2 Å². The molecule has 0 radical (unpaired) electrons. The second-order valence-corrected chi connectivity index (χ2v) is 6.34. The van der Waals surface area contributed by atoms with Crippen LogP contribution in [-0.2, 0) is 14.3 Å². The highest BCUT2D eigenvalue weighted by atomic mass is 16.5. The van der Waals surface area contributed by atoms with Gasteiger partial charge in [-0.15, -0.1) is 0 Å². The van der Waals surface area contributed by atoms with E-state index >= 15 is 0 Å². The van der Waals surface area contributed by atoms with Gasteiger partial charge in [0.1, 0.15) is 0 Å². The second kappa shape index (κ2) is 8.49. The Bertz CT molecular complexity index is 768. The van der Waals surface area contributed by atoms with Crippen LogP contribution in [0.15, 0.2) is 48.5 Å². The molecule has 0 atom stereocenters. The molecule has 6 nitrogen and oxygen atoms in total. The maximum Gasteiger partial charge on any atom is 0.227 e. The molecule has 3 N–H and O–H groups in total. The summed E-state index contributed by atoms with van der Waals surface area (Å²) < 4.78 is 5.29. The van der Waals surface area contributed by atoms with Crippen LogP contribution in [0.5, 0.6) is 0 Å². The van der Waals surface area contributed by atoms with Gasteiger partial charge in [0.25, 0.3) is 0 Å². The molecule has 6 heteroatoms. The van der Waals surface area contributed by atoms with Gasteiger partial charge in [0.05, 0.1) is 0 Å². The zero-order valence-corrected chi connectivity index (χ0v) is 14.7. The Morgan fingerprint density at radius 3 is 2.23 bits per heavy atom. The van der Waals surface area contributed by atoms with E-state index in [2.05, 4.69) is 16.0 Å². The Morgan fingerprint density at radius 2 is 1.54 bits per heavy atom. The molecule has 0 aliphatic carbocycles. The summed E-state index contributed by atoms with van der Waals surface area (Å²) >= 11 is 0. The molecule has 1 saturated heterocycles. The Labute approximate surface area is 152 Å². The molecular weight excluding hydrogens is 330 g/mol. The summed E-state index contributed by atoms with van der Waals surface area (Å²) in [6.45, 7) is 2.78.